The Labute approximate surface area is 227 Å². The molecule has 3 aromatic heterocycles. The Kier molecular flexibility index (Phi) is 7.96. The number of pyridine rings is 1. The first-order valence-corrected chi connectivity index (χ1v) is 12.9. The summed E-state index contributed by atoms with van der Waals surface area (Å²) in [5, 5.41) is 14.5. The maximum atomic E-state index is 14.3. The van der Waals surface area contributed by atoms with Crippen LogP contribution >= 0.6 is 0 Å². The summed E-state index contributed by atoms with van der Waals surface area (Å²) in [5.41, 5.74) is 4.93. The van der Waals surface area contributed by atoms with E-state index in [1.54, 1.807) is 30.9 Å². The predicted molar refractivity (Wildman–Crippen MR) is 146 cm³/mol. The summed E-state index contributed by atoms with van der Waals surface area (Å²) in [5.74, 6) is 0.00129. The monoisotopic (exact) mass is 537 g/mol. The highest BCUT2D eigenvalue weighted by Crippen LogP contribution is 2.32. The molecule has 0 saturated carbocycles. The Morgan fingerprint density at radius 1 is 1.23 bits per heavy atom. The van der Waals surface area contributed by atoms with Gasteiger partial charge in [0, 0.05) is 55.2 Å². The number of aliphatic hydroxyl groups is 1. The summed E-state index contributed by atoms with van der Waals surface area (Å²) in [7, 11) is 3.51. The van der Waals surface area contributed by atoms with Crippen molar-refractivity contribution in [1.29, 1.82) is 0 Å². The van der Waals surface area contributed by atoms with E-state index in [9.17, 15) is 14.3 Å². The Balaban J connectivity index is 1.57. The molecule has 39 heavy (non-hydrogen) atoms. The van der Waals surface area contributed by atoms with E-state index in [-0.39, 0.29) is 6.61 Å². The van der Waals surface area contributed by atoms with Crippen LogP contribution in [0.2, 0.25) is 0 Å². The van der Waals surface area contributed by atoms with Crippen LogP contribution in [0.25, 0.3) is 16.8 Å². The van der Waals surface area contributed by atoms with Crippen molar-refractivity contribution in [2.24, 2.45) is 7.05 Å². The molecule has 3 heterocycles. The molecule has 1 aromatic carbocycles. The zero-order valence-corrected chi connectivity index (χ0v) is 23.5. The maximum Gasteiger partial charge on any atom is 0.410 e. The van der Waals surface area contributed by atoms with Crippen LogP contribution in [0.15, 0.2) is 42.7 Å². The average Bonchev–Trinajstić information content (AvgIpc) is 3.38. The zero-order chi connectivity index (χ0) is 28.5. The van der Waals surface area contributed by atoms with Gasteiger partial charge in [-0.1, -0.05) is 0 Å². The number of fused-ring (bicyclic) bond motifs is 1. The standard InChI is InChI=1S/C29H36FN5O4/c1-18-23(27(19(2)36)32-34(18)7)12-13-38-25-14-21(30)9-10-24(25)20-8-11-26-31-15-22(35(26)16-20)17-33(6)28(37)39-29(3,4)5/h8-11,14-16,19,36H,12-13,17H2,1-7H3. The molecule has 0 bridgehead atoms. The van der Waals surface area contributed by atoms with E-state index >= 15 is 0 Å². The third-order valence-electron chi connectivity index (χ3n) is 6.44. The van der Waals surface area contributed by atoms with Crippen LogP contribution in [0.5, 0.6) is 5.75 Å². The minimum atomic E-state index is -0.699. The lowest BCUT2D eigenvalue weighted by atomic mass is 10.1. The van der Waals surface area contributed by atoms with Gasteiger partial charge in [-0.2, -0.15) is 5.10 Å². The fourth-order valence-electron chi connectivity index (χ4n) is 4.39. The molecule has 0 aliphatic rings. The highest BCUT2D eigenvalue weighted by atomic mass is 19.1. The van der Waals surface area contributed by atoms with E-state index in [1.807, 2.05) is 57.5 Å². The Bertz CT molecular complexity index is 1490. The van der Waals surface area contributed by atoms with Crippen LogP contribution < -0.4 is 4.74 Å². The van der Waals surface area contributed by atoms with E-state index < -0.39 is 23.6 Å². The van der Waals surface area contributed by atoms with E-state index in [4.69, 9.17) is 9.47 Å². The number of aromatic nitrogens is 4. The van der Waals surface area contributed by atoms with Gasteiger partial charge >= 0.3 is 6.09 Å². The van der Waals surface area contributed by atoms with Crippen LogP contribution in [-0.4, -0.2) is 54.5 Å². The first kappa shape index (κ1) is 28.1. The molecule has 10 heteroatoms. The number of benzene rings is 1. The van der Waals surface area contributed by atoms with Gasteiger partial charge in [0.2, 0.25) is 0 Å². The van der Waals surface area contributed by atoms with Crippen molar-refractivity contribution in [2.75, 3.05) is 13.7 Å². The van der Waals surface area contributed by atoms with Crippen molar-refractivity contribution in [2.45, 2.75) is 59.3 Å². The summed E-state index contributed by atoms with van der Waals surface area (Å²) in [6.07, 6.45) is 3.01. The lowest BCUT2D eigenvalue weighted by molar-refractivity contribution is 0.0282. The minimum absolute atomic E-state index is 0.280. The maximum absolute atomic E-state index is 14.3. The Hall–Kier alpha value is -3.92. The molecule has 0 saturated heterocycles. The normalized spacial score (nSPS) is 12.5. The van der Waals surface area contributed by atoms with Crippen molar-refractivity contribution in [3.05, 3.63) is 71.2 Å². The zero-order valence-electron chi connectivity index (χ0n) is 23.5. The van der Waals surface area contributed by atoms with Crippen LogP contribution in [0.4, 0.5) is 9.18 Å². The number of aryl methyl sites for hydroxylation is 1. The third-order valence-corrected chi connectivity index (χ3v) is 6.44. The van der Waals surface area contributed by atoms with Crippen molar-refractivity contribution in [1.82, 2.24) is 24.1 Å². The Morgan fingerprint density at radius 2 is 1.97 bits per heavy atom. The van der Waals surface area contributed by atoms with Gasteiger partial charge in [-0.05, 0) is 58.9 Å². The lowest BCUT2D eigenvalue weighted by Crippen LogP contribution is -2.34. The fourth-order valence-corrected chi connectivity index (χ4v) is 4.39. The van der Waals surface area contributed by atoms with E-state index in [0.29, 0.717) is 30.1 Å². The number of aliphatic hydroxyl groups excluding tert-OH is 1. The number of amides is 1. The molecular weight excluding hydrogens is 501 g/mol. The molecule has 1 atom stereocenters. The Morgan fingerprint density at radius 3 is 2.67 bits per heavy atom. The second kappa shape index (κ2) is 11.1. The number of imidazole rings is 1. The molecular formula is C29H36FN5O4. The summed E-state index contributed by atoms with van der Waals surface area (Å²) < 4.78 is 29.5. The first-order chi connectivity index (χ1) is 18.3. The van der Waals surface area contributed by atoms with E-state index in [1.165, 1.54) is 17.0 Å². The van der Waals surface area contributed by atoms with E-state index in [0.717, 1.165) is 28.1 Å². The van der Waals surface area contributed by atoms with Crippen LogP contribution in [0.1, 0.15) is 56.4 Å². The van der Waals surface area contributed by atoms with Gasteiger partial charge in [0.25, 0.3) is 0 Å². The molecule has 0 aliphatic heterocycles. The SMILES string of the molecule is Cc1c(CCOc2cc(F)ccc2-c2ccc3ncc(CN(C)C(=O)OC(C)(C)C)n3c2)c(C(C)O)nn1C. The number of carbonyl (C=O) groups is 1. The van der Waals surface area contributed by atoms with Gasteiger partial charge in [-0.25, -0.2) is 14.2 Å². The molecule has 4 rings (SSSR count). The number of ether oxygens (including phenoxy) is 2. The third kappa shape index (κ3) is 6.39. The molecule has 0 fully saturated rings. The second-order valence-electron chi connectivity index (χ2n) is 10.7. The first-order valence-electron chi connectivity index (χ1n) is 12.9. The highest BCUT2D eigenvalue weighted by Gasteiger charge is 2.21. The van der Waals surface area contributed by atoms with Crippen molar-refractivity contribution in [3.8, 4) is 16.9 Å². The highest BCUT2D eigenvalue weighted by molar-refractivity contribution is 5.71. The number of hydrogen-bond donors (Lipinski definition) is 1. The number of rotatable bonds is 8. The quantitative estimate of drug-likeness (QED) is 0.331. The molecule has 0 radical (unpaired) electrons. The molecule has 208 valence electrons. The smallest absolute Gasteiger partial charge is 0.410 e. The van der Waals surface area contributed by atoms with Crippen LogP contribution in [-0.2, 0) is 24.8 Å². The summed E-state index contributed by atoms with van der Waals surface area (Å²) in [4.78, 5) is 18.4. The summed E-state index contributed by atoms with van der Waals surface area (Å²) in [6.45, 7) is 9.68. The van der Waals surface area contributed by atoms with Crippen LogP contribution in [0.3, 0.4) is 0 Å². The number of carbonyl (C=O) groups excluding carboxylic acids is 1. The predicted octanol–water partition coefficient (Wildman–Crippen LogP) is 5.22. The van der Waals surface area contributed by atoms with Crippen molar-refractivity contribution in [3.63, 3.8) is 0 Å². The number of hydrogen-bond acceptors (Lipinski definition) is 6. The molecule has 1 unspecified atom stereocenters. The molecule has 9 nitrogen and oxygen atoms in total. The van der Waals surface area contributed by atoms with Gasteiger partial charge in [0.1, 0.15) is 22.8 Å². The number of nitrogens with zero attached hydrogens (tertiary/aromatic N) is 5. The summed E-state index contributed by atoms with van der Waals surface area (Å²) >= 11 is 0. The van der Waals surface area contributed by atoms with Crippen LogP contribution in [0, 0.1) is 12.7 Å². The fraction of sp³-hybridized carbons (Fsp3) is 0.414. The molecule has 1 N–H and O–H groups in total. The molecule has 0 aliphatic carbocycles. The van der Waals surface area contributed by atoms with Gasteiger partial charge in [0.15, 0.2) is 0 Å². The largest absolute Gasteiger partial charge is 0.492 e. The van der Waals surface area contributed by atoms with Crippen molar-refractivity contribution >= 4 is 11.7 Å². The van der Waals surface area contributed by atoms with Gasteiger partial charge in [-0.3, -0.25) is 4.68 Å². The van der Waals surface area contributed by atoms with E-state index in [2.05, 4.69) is 10.1 Å². The minimum Gasteiger partial charge on any atom is -0.492 e. The molecule has 1 amide bonds. The summed E-state index contributed by atoms with van der Waals surface area (Å²) in [6, 6.07) is 8.23. The van der Waals surface area contributed by atoms with Gasteiger partial charge < -0.3 is 23.9 Å². The van der Waals surface area contributed by atoms with Gasteiger partial charge in [-0.15, -0.1) is 0 Å². The lowest BCUT2D eigenvalue weighted by Gasteiger charge is -2.24. The molecule has 4 aromatic rings. The second-order valence-corrected chi connectivity index (χ2v) is 10.7. The topological polar surface area (TPSA) is 94.1 Å². The average molecular weight is 538 g/mol. The number of halogens is 1. The van der Waals surface area contributed by atoms with Gasteiger partial charge in [0.05, 0.1) is 36.8 Å². The van der Waals surface area contributed by atoms with Crippen molar-refractivity contribution < 1.29 is 23.8 Å². The molecule has 0 spiro atoms.